The summed E-state index contributed by atoms with van der Waals surface area (Å²) in [7, 11) is 0. The van der Waals surface area contributed by atoms with Gasteiger partial charge in [0.1, 0.15) is 17.1 Å². The van der Waals surface area contributed by atoms with Crippen LogP contribution in [0.5, 0.6) is 0 Å². The van der Waals surface area contributed by atoms with Crippen molar-refractivity contribution >= 4 is 34.2 Å². The second-order valence-electron chi connectivity index (χ2n) is 5.74. The Morgan fingerprint density at radius 3 is 2.92 bits per heavy atom. The van der Waals surface area contributed by atoms with E-state index in [0.717, 1.165) is 27.3 Å². The van der Waals surface area contributed by atoms with Gasteiger partial charge in [0, 0.05) is 23.9 Å². The number of aliphatic hydroxyl groups is 1. The number of rotatable bonds is 4. The Labute approximate surface area is 138 Å². The quantitative estimate of drug-likeness (QED) is 0.896. The van der Waals surface area contributed by atoms with Gasteiger partial charge in [-0.3, -0.25) is 9.59 Å². The van der Waals surface area contributed by atoms with E-state index in [1.54, 1.807) is 6.07 Å². The fourth-order valence-corrected chi connectivity index (χ4v) is 2.66. The lowest BCUT2D eigenvalue weighted by Gasteiger charge is -2.22. The molecule has 0 atom stereocenters. The third-order valence-electron chi connectivity index (χ3n) is 4.11. The Morgan fingerprint density at radius 1 is 1.38 bits per heavy atom. The van der Waals surface area contributed by atoms with Crippen molar-refractivity contribution in [2.75, 3.05) is 18.5 Å². The predicted octanol–water partition coefficient (Wildman–Crippen LogP) is 1.96. The van der Waals surface area contributed by atoms with E-state index in [1.165, 1.54) is 0 Å². The molecule has 24 heavy (non-hydrogen) atoms. The number of hydrogen-bond donors (Lipinski definition) is 2. The van der Waals surface area contributed by atoms with Crippen molar-refractivity contribution in [3.05, 3.63) is 29.5 Å². The van der Waals surface area contributed by atoms with Gasteiger partial charge in [0.05, 0.1) is 13.2 Å². The van der Waals surface area contributed by atoms with E-state index >= 15 is 0 Å². The maximum Gasteiger partial charge on any atom is 0.271 e. The highest BCUT2D eigenvalue weighted by atomic mass is 16.3. The van der Waals surface area contributed by atoms with Gasteiger partial charge in [0.25, 0.3) is 5.91 Å². The summed E-state index contributed by atoms with van der Waals surface area (Å²) in [6.07, 6.45) is 0.504. The van der Waals surface area contributed by atoms with Crippen LogP contribution in [0.4, 0.5) is 5.69 Å². The first kappa shape index (κ1) is 16.2. The number of carbonyl (C=O) groups excluding carboxylic acids is 2. The van der Waals surface area contributed by atoms with Crippen LogP contribution >= 0.6 is 0 Å². The highest BCUT2D eigenvalue weighted by Crippen LogP contribution is 2.27. The SMILES string of the molecule is Cc1oc2ccc(NC(=O)C3=NN(CCO)C(=O)CC3)cc2c1C. The molecular weight excluding hydrogens is 310 g/mol. The fourth-order valence-electron chi connectivity index (χ4n) is 2.66. The highest BCUT2D eigenvalue weighted by Gasteiger charge is 2.24. The van der Waals surface area contributed by atoms with Crippen molar-refractivity contribution in [3.8, 4) is 0 Å². The van der Waals surface area contributed by atoms with Gasteiger partial charge in [-0.1, -0.05) is 0 Å². The molecule has 0 fully saturated rings. The molecule has 126 valence electrons. The van der Waals surface area contributed by atoms with Crippen molar-refractivity contribution in [2.24, 2.45) is 5.10 Å². The average molecular weight is 329 g/mol. The van der Waals surface area contributed by atoms with Crippen LogP contribution in [0.1, 0.15) is 24.2 Å². The molecule has 2 amide bonds. The van der Waals surface area contributed by atoms with Crippen molar-refractivity contribution in [2.45, 2.75) is 26.7 Å². The van der Waals surface area contributed by atoms with E-state index in [-0.39, 0.29) is 37.1 Å². The summed E-state index contributed by atoms with van der Waals surface area (Å²) < 4.78 is 5.62. The third kappa shape index (κ3) is 3.03. The second-order valence-corrected chi connectivity index (χ2v) is 5.74. The number of hydrazone groups is 1. The summed E-state index contributed by atoms with van der Waals surface area (Å²) in [6, 6.07) is 5.44. The molecule has 3 rings (SSSR count). The van der Waals surface area contributed by atoms with Gasteiger partial charge >= 0.3 is 0 Å². The van der Waals surface area contributed by atoms with E-state index in [9.17, 15) is 9.59 Å². The Bertz CT molecular complexity index is 838. The first-order valence-electron chi connectivity index (χ1n) is 7.79. The van der Waals surface area contributed by atoms with Crippen molar-refractivity contribution in [1.82, 2.24) is 5.01 Å². The number of aryl methyl sites for hydroxylation is 2. The Kier molecular flexibility index (Phi) is 4.35. The largest absolute Gasteiger partial charge is 0.461 e. The summed E-state index contributed by atoms with van der Waals surface area (Å²) in [5.74, 6) is 0.317. The highest BCUT2D eigenvalue weighted by molar-refractivity contribution is 6.43. The molecule has 7 heteroatoms. The summed E-state index contributed by atoms with van der Waals surface area (Å²) >= 11 is 0. The number of nitrogens with one attached hydrogen (secondary N) is 1. The van der Waals surface area contributed by atoms with E-state index in [0.29, 0.717) is 12.1 Å². The van der Waals surface area contributed by atoms with Crippen LogP contribution in [0.2, 0.25) is 0 Å². The zero-order valence-corrected chi connectivity index (χ0v) is 13.6. The third-order valence-corrected chi connectivity index (χ3v) is 4.11. The summed E-state index contributed by atoms with van der Waals surface area (Å²) in [6.45, 7) is 3.77. The lowest BCUT2D eigenvalue weighted by molar-refractivity contribution is -0.132. The summed E-state index contributed by atoms with van der Waals surface area (Å²) in [5, 5.41) is 17.9. The number of aliphatic hydroxyl groups excluding tert-OH is 1. The summed E-state index contributed by atoms with van der Waals surface area (Å²) in [4.78, 5) is 24.0. The van der Waals surface area contributed by atoms with Crippen molar-refractivity contribution < 1.29 is 19.1 Å². The van der Waals surface area contributed by atoms with E-state index < -0.39 is 0 Å². The molecule has 1 aromatic carbocycles. The van der Waals surface area contributed by atoms with Gasteiger partial charge in [0.15, 0.2) is 0 Å². The molecule has 2 heterocycles. The normalized spacial score (nSPS) is 14.9. The number of benzene rings is 1. The number of furan rings is 1. The predicted molar refractivity (Wildman–Crippen MR) is 89.8 cm³/mol. The molecule has 1 aliphatic rings. The van der Waals surface area contributed by atoms with Gasteiger partial charge in [-0.25, -0.2) is 5.01 Å². The zero-order chi connectivity index (χ0) is 17.3. The number of carbonyl (C=O) groups is 2. The molecule has 0 unspecified atom stereocenters. The zero-order valence-electron chi connectivity index (χ0n) is 13.6. The minimum absolute atomic E-state index is 0.0923. The van der Waals surface area contributed by atoms with Crippen LogP contribution in [0.15, 0.2) is 27.7 Å². The van der Waals surface area contributed by atoms with Gasteiger partial charge in [0.2, 0.25) is 5.91 Å². The molecule has 0 spiro atoms. The molecule has 1 aliphatic heterocycles. The van der Waals surface area contributed by atoms with Crippen molar-refractivity contribution in [1.29, 1.82) is 0 Å². The molecule has 2 aromatic rings. The molecule has 0 saturated heterocycles. The van der Waals surface area contributed by atoms with Crippen LogP contribution in [-0.2, 0) is 9.59 Å². The number of hydrogen-bond acceptors (Lipinski definition) is 5. The van der Waals surface area contributed by atoms with E-state index in [1.807, 2.05) is 26.0 Å². The lowest BCUT2D eigenvalue weighted by Crippen LogP contribution is -2.37. The van der Waals surface area contributed by atoms with E-state index in [2.05, 4.69) is 10.4 Å². The molecule has 0 bridgehead atoms. The van der Waals surface area contributed by atoms with E-state index in [4.69, 9.17) is 9.52 Å². The average Bonchev–Trinajstić information content (AvgIpc) is 2.84. The molecule has 7 nitrogen and oxygen atoms in total. The molecule has 1 aromatic heterocycles. The van der Waals surface area contributed by atoms with Crippen LogP contribution in [-0.4, -0.2) is 40.8 Å². The van der Waals surface area contributed by atoms with Crippen LogP contribution < -0.4 is 5.32 Å². The second kappa shape index (κ2) is 6.45. The first-order valence-corrected chi connectivity index (χ1v) is 7.79. The molecular formula is C17H19N3O4. The van der Waals surface area contributed by atoms with Crippen molar-refractivity contribution in [3.63, 3.8) is 0 Å². The smallest absolute Gasteiger partial charge is 0.271 e. The lowest BCUT2D eigenvalue weighted by atomic mass is 10.1. The van der Waals surface area contributed by atoms with Gasteiger partial charge in [-0.15, -0.1) is 0 Å². The monoisotopic (exact) mass is 329 g/mol. The molecule has 0 aliphatic carbocycles. The van der Waals surface area contributed by atoms with Gasteiger partial charge in [-0.05, 0) is 37.6 Å². The number of anilines is 1. The number of β-amino-alcohol motifs (C(OH)–C–C–N with tert-alkyl or cyclic N) is 1. The molecule has 2 N–H and O–H groups in total. The van der Waals surface area contributed by atoms with Crippen LogP contribution in [0.25, 0.3) is 11.0 Å². The summed E-state index contributed by atoms with van der Waals surface area (Å²) in [5.41, 5.74) is 2.74. The Morgan fingerprint density at radius 2 is 2.17 bits per heavy atom. The standard InChI is InChI=1S/C17H19N3O4/c1-10-11(2)24-15-5-3-12(9-13(10)15)18-17(23)14-4-6-16(22)20(19-14)7-8-21/h3,5,9,21H,4,6-8H2,1-2H3,(H,18,23). The number of fused-ring (bicyclic) bond motifs is 1. The first-order chi connectivity index (χ1) is 11.5. The molecule has 0 radical (unpaired) electrons. The van der Waals surface area contributed by atoms with Gasteiger partial charge in [-0.2, -0.15) is 5.10 Å². The number of amides is 2. The Hall–Kier alpha value is -2.67. The maximum atomic E-state index is 12.4. The van der Waals surface area contributed by atoms with Gasteiger partial charge < -0.3 is 14.8 Å². The molecule has 0 saturated carbocycles. The minimum atomic E-state index is -0.345. The minimum Gasteiger partial charge on any atom is -0.461 e. The Balaban J connectivity index is 1.80. The fraction of sp³-hybridized carbons (Fsp3) is 0.353. The van der Waals surface area contributed by atoms with Crippen LogP contribution in [0, 0.1) is 13.8 Å². The number of nitrogens with zero attached hydrogens (tertiary/aromatic N) is 2. The van der Waals surface area contributed by atoms with Crippen LogP contribution in [0.3, 0.4) is 0 Å². The topological polar surface area (TPSA) is 95.1 Å². The maximum absolute atomic E-state index is 12.4.